The summed E-state index contributed by atoms with van der Waals surface area (Å²) < 4.78 is 6.16. The molecule has 0 radical (unpaired) electrons. The maximum Gasteiger partial charge on any atom is 0.165 e. The molecule has 5 aliphatic rings. The van der Waals surface area contributed by atoms with Crippen LogP contribution < -0.4 is 4.74 Å². The SMILES string of the molecule is Oc1ccc2c3c1OC1C(O)CC[C@]4(O)C(C2)N(CC2CCC2)CC[C@]314. The van der Waals surface area contributed by atoms with Gasteiger partial charge in [0, 0.05) is 18.2 Å². The van der Waals surface area contributed by atoms with Crippen LogP contribution in [0.2, 0.25) is 0 Å². The smallest absolute Gasteiger partial charge is 0.165 e. The Labute approximate surface area is 153 Å². The van der Waals surface area contributed by atoms with Gasteiger partial charge in [-0.15, -0.1) is 0 Å². The van der Waals surface area contributed by atoms with E-state index in [0.717, 1.165) is 37.4 Å². The van der Waals surface area contributed by atoms with E-state index in [2.05, 4.69) is 4.90 Å². The van der Waals surface area contributed by atoms with Crippen molar-refractivity contribution in [1.29, 1.82) is 0 Å². The fourth-order valence-corrected chi connectivity index (χ4v) is 6.83. The van der Waals surface area contributed by atoms with Crippen molar-refractivity contribution in [1.82, 2.24) is 4.90 Å². The first kappa shape index (κ1) is 15.7. The van der Waals surface area contributed by atoms with Crippen LogP contribution in [0, 0.1) is 5.92 Å². The van der Waals surface area contributed by atoms with E-state index in [-0.39, 0.29) is 11.8 Å². The number of benzene rings is 1. The number of piperidine rings is 1. The quantitative estimate of drug-likeness (QED) is 0.751. The number of nitrogens with zero attached hydrogens (tertiary/aromatic N) is 1. The van der Waals surface area contributed by atoms with E-state index < -0.39 is 23.2 Å². The van der Waals surface area contributed by atoms with Crippen molar-refractivity contribution < 1.29 is 20.1 Å². The maximum atomic E-state index is 12.1. The summed E-state index contributed by atoms with van der Waals surface area (Å²) in [6.45, 7) is 2.02. The number of aromatic hydroxyl groups is 1. The molecule has 3 N–H and O–H groups in total. The van der Waals surface area contributed by atoms with Crippen LogP contribution in [0.15, 0.2) is 12.1 Å². The largest absolute Gasteiger partial charge is 0.504 e. The molecule has 26 heavy (non-hydrogen) atoms. The number of rotatable bonds is 2. The number of hydrogen-bond donors (Lipinski definition) is 3. The Morgan fingerprint density at radius 1 is 1.19 bits per heavy atom. The van der Waals surface area contributed by atoms with Gasteiger partial charge in [0.2, 0.25) is 0 Å². The molecule has 1 spiro atoms. The highest BCUT2D eigenvalue weighted by molar-refractivity contribution is 5.62. The minimum absolute atomic E-state index is 0.0819. The Morgan fingerprint density at radius 2 is 2.04 bits per heavy atom. The lowest BCUT2D eigenvalue weighted by Crippen LogP contribution is -2.77. The average molecular weight is 357 g/mol. The molecule has 2 heterocycles. The normalized spacial score (nSPS) is 43.5. The van der Waals surface area contributed by atoms with Gasteiger partial charge in [-0.3, -0.25) is 4.90 Å². The molecule has 2 bridgehead atoms. The zero-order valence-corrected chi connectivity index (χ0v) is 15.0. The zero-order chi connectivity index (χ0) is 17.7. The van der Waals surface area contributed by atoms with E-state index in [1.54, 1.807) is 6.07 Å². The van der Waals surface area contributed by atoms with E-state index in [1.807, 2.05) is 6.07 Å². The summed E-state index contributed by atoms with van der Waals surface area (Å²) in [7, 11) is 0. The number of phenolic OH excluding ortho intramolecular Hbond substituents is 1. The summed E-state index contributed by atoms with van der Waals surface area (Å²) in [6, 6.07) is 3.80. The van der Waals surface area contributed by atoms with Gasteiger partial charge >= 0.3 is 0 Å². The summed E-state index contributed by atoms with van der Waals surface area (Å²) in [6.07, 6.45) is 5.68. The molecule has 1 saturated heterocycles. The first-order valence-corrected chi connectivity index (χ1v) is 10.2. The molecular formula is C21H27NO4. The van der Waals surface area contributed by atoms with Crippen molar-refractivity contribution in [3.05, 3.63) is 23.3 Å². The summed E-state index contributed by atoms with van der Waals surface area (Å²) >= 11 is 0. The molecule has 3 aliphatic carbocycles. The molecule has 3 unspecified atom stereocenters. The lowest BCUT2D eigenvalue weighted by Gasteiger charge is -2.64. The molecule has 0 amide bonds. The van der Waals surface area contributed by atoms with Crippen molar-refractivity contribution in [3.8, 4) is 11.5 Å². The van der Waals surface area contributed by atoms with E-state index in [4.69, 9.17) is 4.74 Å². The molecule has 5 nitrogen and oxygen atoms in total. The number of phenols is 1. The lowest BCUT2D eigenvalue weighted by atomic mass is 9.48. The Hall–Kier alpha value is -1.30. The summed E-state index contributed by atoms with van der Waals surface area (Å²) in [5, 5.41) is 33.2. The molecule has 3 fully saturated rings. The molecule has 1 aromatic carbocycles. The first-order valence-electron chi connectivity index (χ1n) is 10.2. The number of ether oxygens (including phenoxy) is 1. The number of aliphatic hydroxyl groups excluding tert-OH is 1. The van der Waals surface area contributed by atoms with E-state index in [9.17, 15) is 15.3 Å². The van der Waals surface area contributed by atoms with Gasteiger partial charge in [-0.1, -0.05) is 12.5 Å². The average Bonchev–Trinajstić information content (AvgIpc) is 2.93. The Morgan fingerprint density at radius 3 is 2.81 bits per heavy atom. The number of hydrogen-bond acceptors (Lipinski definition) is 5. The Kier molecular flexibility index (Phi) is 2.99. The second-order valence-corrected chi connectivity index (χ2v) is 9.25. The first-order chi connectivity index (χ1) is 12.5. The fourth-order valence-electron chi connectivity index (χ4n) is 6.83. The summed E-state index contributed by atoms with van der Waals surface area (Å²) in [5.74, 6) is 1.42. The van der Waals surface area contributed by atoms with Crippen molar-refractivity contribution >= 4 is 0 Å². The minimum atomic E-state index is -0.884. The summed E-state index contributed by atoms with van der Waals surface area (Å²) in [4.78, 5) is 2.53. The molecule has 2 aliphatic heterocycles. The molecule has 5 heteroatoms. The van der Waals surface area contributed by atoms with Crippen molar-refractivity contribution in [3.63, 3.8) is 0 Å². The van der Waals surface area contributed by atoms with Gasteiger partial charge in [0.15, 0.2) is 11.5 Å². The van der Waals surface area contributed by atoms with Crippen LogP contribution in [0.5, 0.6) is 11.5 Å². The number of likely N-dealkylation sites (tertiary alicyclic amines) is 1. The van der Waals surface area contributed by atoms with Crippen molar-refractivity contribution in [2.75, 3.05) is 13.1 Å². The van der Waals surface area contributed by atoms with Crippen LogP contribution in [0.1, 0.15) is 49.7 Å². The third kappa shape index (κ3) is 1.64. The number of aliphatic hydroxyl groups is 2. The summed E-state index contributed by atoms with van der Waals surface area (Å²) in [5.41, 5.74) is 0.712. The molecule has 5 atom stereocenters. The van der Waals surface area contributed by atoms with Gasteiger partial charge in [-0.2, -0.15) is 0 Å². The van der Waals surface area contributed by atoms with Crippen LogP contribution in [0.25, 0.3) is 0 Å². The van der Waals surface area contributed by atoms with Gasteiger partial charge in [-0.25, -0.2) is 0 Å². The van der Waals surface area contributed by atoms with Gasteiger partial charge in [-0.05, 0) is 62.6 Å². The second-order valence-electron chi connectivity index (χ2n) is 9.25. The van der Waals surface area contributed by atoms with E-state index in [0.29, 0.717) is 18.6 Å². The standard InChI is InChI=1S/C21H27NO4/c23-14-5-4-13-10-16-21(25)7-6-15(24)19-20(21,17(13)18(14)26-19)8-9-22(16)11-12-2-1-3-12/h4-5,12,15-16,19,23-25H,1-3,6-11H2/t15?,16?,19?,20-,21-/m0/s1. The molecule has 0 aromatic heterocycles. The topological polar surface area (TPSA) is 73.2 Å². The molecule has 140 valence electrons. The third-order valence-corrected chi connectivity index (χ3v) is 8.26. The van der Waals surface area contributed by atoms with Gasteiger partial charge in [0.1, 0.15) is 6.10 Å². The predicted octanol–water partition coefficient (Wildman–Crippen LogP) is 1.71. The predicted molar refractivity (Wildman–Crippen MR) is 95.4 cm³/mol. The molecule has 6 rings (SSSR count). The highest BCUT2D eigenvalue weighted by Crippen LogP contribution is 2.65. The maximum absolute atomic E-state index is 12.1. The third-order valence-electron chi connectivity index (χ3n) is 8.26. The Bertz CT molecular complexity index is 778. The van der Waals surface area contributed by atoms with Crippen molar-refractivity contribution in [2.24, 2.45) is 5.92 Å². The van der Waals surface area contributed by atoms with Gasteiger partial charge in [0.05, 0.1) is 17.1 Å². The van der Waals surface area contributed by atoms with Crippen LogP contribution in [0.4, 0.5) is 0 Å². The van der Waals surface area contributed by atoms with Crippen LogP contribution in [0.3, 0.4) is 0 Å². The molecule has 1 aromatic rings. The second kappa shape index (κ2) is 4.94. The highest BCUT2D eigenvalue weighted by Gasteiger charge is 2.72. The van der Waals surface area contributed by atoms with Gasteiger partial charge < -0.3 is 20.1 Å². The van der Waals surface area contributed by atoms with E-state index >= 15 is 0 Å². The van der Waals surface area contributed by atoms with Crippen LogP contribution in [-0.2, 0) is 11.8 Å². The van der Waals surface area contributed by atoms with Gasteiger partial charge in [0.25, 0.3) is 0 Å². The monoisotopic (exact) mass is 357 g/mol. The molecular weight excluding hydrogens is 330 g/mol. The van der Waals surface area contributed by atoms with Crippen LogP contribution >= 0.6 is 0 Å². The van der Waals surface area contributed by atoms with E-state index in [1.165, 1.54) is 24.8 Å². The Balaban J connectivity index is 1.52. The lowest BCUT2D eigenvalue weighted by molar-refractivity contribution is -0.209. The highest BCUT2D eigenvalue weighted by atomic mass is 16.5. The zero-order valence-electron chi connectivity index (χ0n) is 15.0. The fraction of sp³-hybridized carbons (Fsp3) is 0.714. The minimum Gasteiger partial charge on any atom is -0.504 e. The van der Waals surface area contributed by atoms with Crippen LogP contribution in [-0.4, -0.2) is 57.2 Å². The van der Waals surface area contributed by atoms with Crippen molar-refractivity contribution in [2.45, 2.75) is 74.2 Å². The molecule has 2 saturated carbocycles.